The molecule has 1 fully saturated rings. The minimum absolute atomic E-state index is 0.0731. The molecule has 1 saturated heterocycles. The van der Waals surface area contributed by atoms with Crippen molar-refractivity contribution in [3.8, 4) is 67.5 Å². The molecule has 5 aliphatic rings. The predicted octanol–water partition coefficient (Wildman–Crippen LogP) is 15.0. The van der Waals surface area contributed by atoms with E-state index in [1.54, 1.807) is 0 Å². The Balaban J connectivity index is 0.897. The molecule has 5 heterocycles. The molecule has 20 heteroatoms. The molecule has 5 aliphatic heterocycles. The van der Waals surface area contributed by atoms with Crippen LogP contribution in [0.2, 0.25) is 50.4 Å². The van der Waals surface area contributed by atoms with E-state index < -0.39 is 63.7 Å². The van der Waals surface area contributed by atoms with Crippen LogP contribution in [0.3, 0.4) is 0 Å². The summed E-state index contributed by atoms with van der Waals surface area (Å²) in [6.07, 6.45) is 0.292. The predicted molar refractivity (Wildman–Crippen MR) is 328 cm³/mol. The van der Waals surface area contributed by atoms with Crippen LogP contribution in [0.25, 0.3) is 44.5 Å². The van der Waals surface area contributed by atoms with Gasteiger partial charge in [-0.3, -0.25) is 18.3 Å². The lowest BCUT2D eigenvalue weighted by Gasteiger charge is -2.51. The Morgan fingerprint density at radius 1 is 0.263 bits per heavy atom. The molecule has 0 amide bonds. The molecule has 12 nitrogen and oxygen atoms in total. The largest absolute Gasteiger partial charge is 0.439 e. The first-order chi connectivity index (χ1) is 38.4. The summed E-state index contributed by atoms with van der Waals surface area (Å²) in [4.78, 5) is 0. The minimum atomic E-state index is -3.73. The maximum absolute atomic E-state index is 15.7. The smallest absolute Gasteiger partial charge is 0.317 e. The molecule has 13 rings (SSSR count). The van der Waals surface area contributed by atoms with Crippen LogP contribution in [-0.4, -0.2) is 58.9 Å². The van der Waals surface area contributed by atoms with Crippen LogP contribution in [-0.2, 0) is 34.7 Å². The highest BCUT2D eigenvalue weighted by Crippen LogP contribution is 2.61. The van der Waals surface area contributed by atoms with Crippen molar-refractivity contribution in [2.45, 2.75) is 50.4 Å². The number of benzene rings is 8. The lowest BCUT2D eigenvalue weighted by atomic mass is 10.0. The third-order valence-corrected chi connectivity index (χ3v) is 45.8. The Kier molecular flexibility index (Phi) is 13.6. The van der Waals surface area contributed by atoms with Crippen molar-refractivity contribution in [1.29, 1.82) is 0 Å². The second kappa shape index (κ2) is 20.2. The quantitative estimate of drug-likeness (QED) is 0.0849. The van der Waals surface area contributed by atoms with Gasteiger partial charge in [-0.1, -0.05) is 146 Å². The molecule has 4 unspecified atom stereocenters. The van der Waals surface area contributed by atoms with Crippen molar-refractivity contribution < 1.29 is 52.8 Å². The molecule has 408 valence electrons. The third-order valence-electron chi connectivity index (χ3n) is 15.9. The van der Waals surface area contributed by atoms with Gasteiger partial charge in [0, 0.05) is 46.9 Å². The van der Waals surface area contributed by atoms with Crippen LogP contribution < -0.4 is 39.3 Å². The van der Waals surface area contributed by atoms with E-state index in [0.717, 1.165) is 44.5 Å². The van der Waals surface area contributed by atoms with Gasteiger partial charge >= 0.3 is 34.2 Å². The van der Waals surface area contributed by atoms with Crippen LogP contribution in [0, 0.1) is 0 Å². The molecule has 0 saturated carbocycles. The van der Waals surface area contributed by atoms with Gasteiger partial charge in [-0.15, -0.1) is 0 Å². The third kappa shape index (κ3) is 9.82. The van der Waals surface area contributed by atoms with Gasteiger partial charge in [-0.05, 0) is 121 Å². The van der Waals surface area contributed by atoms with Gasteiger partial charge in [-0.2, -0.15) is 0 Å². The summed E-state index contributed by atoms with van der Waals surface area (Å²) in [5.41, 5.74) is 6.85. The second-order valence-electron chi connectivity index (χ2n) is 21.9. The normalized spacial score (nSPS) is 29.4. The summed E-state index contributed by atoms with van der Waals surface area (Å²) >= 11 is 0. The van der Waals surface area contributed by atoms with Gasteiger partial charge in [0.05, 0.1) is 21.2 Å². The van der Waals surface area contributed by atoms with Gasteiger partial charge in [0.25, 0.3) is 29.5 Å². The molecule has 4 atom stereocenters. The standard InChI is InChI=1S/C60H60O12P4Si4/c1-77(41-37-73(61)57-33-17-9-25-49(57)45-21-5-13-29-53(45)65-73)69-78(2,42-38-74(62)58-34-18-10-26-50(58)46-22-6-14-30-54(46)66-74)71-80(4,44-40-76(64)60-36-20-12-28-52(60)48-24-8-16-32-56(48)68-76)72-79(3,70-77)43-39-75(63)59-35-19-11-27-51(59)47-23-7-15-31-55(47)67-75/h5-36H,37-44H2,1-4H3. The summed E-state index contributed by atoms with van der Waals surface area (Å²) in [6.45, 7) is 7.92. The number of hydrogen-bond acceptors (Lipinski definition) is 12. The minimum Gasteiger partial charge on any atom is -0.439 e. The van der Waals surface area contributed by atoms with Crippen molar-refractivity contribution in [3.63, 3.8) is 0 Å². The van der Waals surface area contributed by atoms with Crippen LogP contribution in [0.5, 0.6) is 23.0 Å². The van der Waals surface area contributed by atoms with Crippen LogP contribution in [0.4, 0.5) is 0 Å². The van der Waals surface area contributed by atoms with Crippen molar-refractivity contribution in [3.05, 3.63) is 194 Å². The van der Waals surface area contributed by atoms with E-state index in [9.17, 15) is 0 Å². The molecule has 0 spiro atoms. The van der Waals surface area contributed by atoms with Crippen LogP contribution in [0.15, 0.2) is 194 Å². The number of rotatable bonds is 12. The summed E-state index contributed by atoms with van der Waals surface area (Å²) in [5.74, 6) is 2.16. The first kappa shape index (κ1) is 53.9. The summed E-state index contributed by atoms with van der Waals surface area (Å²) in [6, 6.07) is 62.1. The zero-order valence-electron chi connectivity index (χ0n) is 44.8. The lowest BCUT2D eigenvalue weighted by molar-refractivity contribution is 0.225. The molecule has 80 heavy (non-hydrogen) atoms. The first-order valence-corrected chi connectivity index (χ1v) is 44.4. The highest BCUT2D eigenvalue weighted by atomic mass is 31.2. The molecular weight excluding hydrogens is 1150 g/mol. The molecule has 0 aromatic heterocycles. The van der Waals surface area contributed by atoms with E-state index >= 15 is 18.3 Å². The fourth-order valence-electron chi connectivity index (χ4n) is 12.3. The highest BCUT2D eigenvalue weighted by Gasteiger charge is 2.59. The van der Waals surface area contributed by atoms with Crippen molar-refractivity contribution in [2.24, 2.45) is 0 Å². The van der Waals surface area contributed by atoms with Crippen LogP contribution >= 0.6 is 29.5 Å². The molecular formula is C60H60O12P4Si4. The van der Waals surface area contributed by atoms with E-state index in [4.69, 9.17) is 34.6 Å². The topological polar surface area (TPSA) is 142 Å². The molecule has 8 aromatic rings. The van der Waals surface area contributed by atoms with Crippen molar-refractivity contribution in [1.82, 2.24) is 0 Å². The Morgan fingerprint density at radius 3 is 0.650 bits per heavy atom. The SMILES string of the molecule is C[Si]1(CCP2(=O)Oc3ccccc3-c3ccccc32)O[Si](C)(CCP2(=O)Oc3ccccc3-c3ccccc32)O[Si](C)(CCP2(=O)Oc3ccccc3-c3ccccc32)O[Si](C)(CCP2(=O)Oc3ccccc3-c3ccccc32)O1. The van der Waals surface area contributed by atoms with E-state index in [0.29, 0.717) is 44.2 Å². The Bertz CT molecular complexity index is 3470. The fourth-order valence-corrected chi connectivity index (χ4v) is 50.7. The number of hydrogen-bond donors (Lipinski definition) is 0. The molecule has 0 radical (unpaired) electrons. The Labute approximate surface area is 471 Å². The van der Waals surface area contributed by atoms with Crippen molar-refractivity contribution >= 4 is 84.9 Å². The van der Waals surface area contributed by atoms with Gasteiger partial charge < -0.3 is 34.6 Å². The zero-order chi connectivity index (χ0) is 55.2. The van der Waals surface area contributed by atoms with Gasteiger partial charge in [0.2, 0.25) is 0 Å². The molecule has 0 N–H and O–H groups in total. The van der Waals surface area contributed by atoms with Crippen LogP contribution in [0.1, 0.15) is 0 Å². The average Bonchev–Trinajstić information content (AvgIpc) is 3.48. The lowest BCUT2D eigenvalue weighted by Crippen LogP contribution is -2.68. The van der Waals surface area contributed by atoms with Gasteiger partial charge in [0.1, 0.15) is 23.0 Å². The maximum Gasteiger partial charge on any atom is 0.317 e. The molecule has 0 aliphatic carbocycles. The van der Waals surface area contributed by atoms with Crippen molar-refractivity contribution in [2.75, 3.05) is 24.6 Å². The van der Waals surface area contributed by atoms with Gasteiger partial charge in [-0.25, -0.2) is 0 Å². The summed E-state index contributed by atoms with van der Waals surface area (Å²) in [5, 5.41) is 2.49. The first-order valence-electron chi connectivity index (χ1n) is 27.1. The second-order valence-corrected chi connectivity index (χ2v) is 46.1. The van der Waals surface area contributed by atoms with Gasteiger partial charge in [0.15, 0.2) is 0 Å². The number of para-hydroxylation sites is 4. The van der Waals surface area contributed by atoms with E-state index in [2.05, 4.69) is 0 Å². The monoisotopic (exact) mass is 1210 g/mol. The molecule has 8 aromatic carbocycles. The van der Waals surface area contributed by atoms with E-state index in [1.807, 2.05) is 220 Å². The maximum atomic E-state index is 15.7. The fraction of sp³-hybridized carbons (Fsp3) is 0.200. The molecule has 0 bridgehead atoms. The zero-order valence-corrected chi connectivity index (χ0v) is 52.4. The summed E-state index contributed by atoms with van der Waals surface area (Å²) in [7, 11) is -29.5. The Morgan fingerprint density at radius 2 is 0.438 bits per heavy atom. The number of fused-ring (bicyclic) bond motifs is 12. The average molecular weight is 1210 g/mol. The highest BCUT2D eigenvalue weighted by molar-refractivity contribution is 7.69. The van der Waals surface area contributed by atoms with E-state index in [1.165, 1.54) is 0 Å². The Hall–Kier alpha value is -5.41. The van der Waals surface area contributed by atoms with E-state index in [-0.39, 0.29) is 48.8 Å². The summed E-state index contributed by atoms with van der Waals surface area (Å²) < 4.78 is 120.